The van der Waals surface area contributed by atoms with Gasteiger partial charge in [-0.25, -0.2) is 13.1 Å². The molecule has 0 aliphatic rings. The molecule has 0 saturated heterocycles. The van der Waals surface area contributed by atoms with Crippen molar-refractivity contribution in [1.29, 1.82) is 0 Å². The Morgan fingerprint density at radius 3 is 2.89 bits per heavy atom. The fraction of sp³-hybridized carbons (Fsp3) is 0.727. The summed E-state index contributed by atoms with van der Waals surface area (Å²) in [7, 11) is -1.63. The van der Waals surface area contributed by atoms with Crippen molar-refractivity contribution in [2.45, 2.75) is 24.8 Å². The normalized spacial score (nSPS) is 11.9. The molecule has 0 unspecified atom stereocenters. The number of nitrogens with zero attached hydrogens (tertiary/aromatic N) is 2. The SMILES string of the molecule is CCOCCCNS(=O)(=O)c1cnn(CCNC)c1. The minimum Gasteiger partial charge on any atom is -0.382 e. The van der Waals surface area contributed by atoms with Crippen molar-refractivity contribution < 1.29 is 13.2 Å². The zero-order valence-electron chi connectivity index (χ0n) is 11.4. The number of likely N-dealkylation sites (N-methyl/N-ethyl adjacent to an activating group) is 1. The topological polar surface area (TPSA) is 85.2 Å². The molecule has 0 aliphatic carbocycles. The van der Waals surface area contributed by atoms with Crippen LogP contribution in [0.5, 0.6) is 0 Å². The van der Waals surface area contributed by atoms with Crippen molar-refractivity contribution in [2.75, 3.05) is 33.4 Å². The van der Waals surface area contributed by atoms with Crippen molar-refractivity contribution in [3.05, 3.63) is 12.4 Å². The Morgan fingerprint density at radius 1 is 1.42 bits per heavy atom. The summed E-state index contributed by atoms with van der Waals surface area (Å²) in [6.45, 7) is 4.85. The Hall–Kier alpha value is -0.960. The van der Waals surface area contributed by atoms with Gasteiger partial charge in [0.1, 0.15) is 4.90 Å². The molecule has 0 atom stereocenters. The highest BCUT2D eigenvalue weighted by Crippen LogP contribution is 2.06. The molecule has 8 heteroatoms. The van der Waals surface area contributed by atoms with E-state index >= 15 is 0 Å². The summed E-state index contributed by atoms with van der Waals surface area (Å²) in [5.41, 5.74) is 0. The van der Waals surface area contributed by atoms with Crippen LogP contribution >= 0.6 is 0 Å². The molecule has 0 amide bonds. The molecule has 2 N–H and O–H groups in total. The molecule has 0 spiro atoms. The van der Waals surface area contributed by atoms with Crippen molar-refractivity contribution in [2.24, 2.45) is 0 Å². The van der Waals surface area contributed by atoms with Crippen LogP contribution in [0.3, 0.4) is 0 Å². The highest BCUT2D eigenvalue weighted by atomic mass is 32.2. The highest BCUT2D eigenvalue weighted by Gasteiger charge is 2.15. The van der Waals surface area contributed by atoms with E-state index in [-0.39, 0.29) is 4.90 Å². The average Bonchev–Trinajstić information content (AvgIpc) is 2.85. The van der Waals surface area contributed by atoms with Crippen LogP contribution in [0.2, 0.25) is 0 Å². The summed E-state index contributed by atoms with van der Waals surface area (Å²) in [6, 6.07) is 0. The monoisotopic (exact) mass is 290 g/mol. The predicted octanol–water partition coefficient (Wildman–Crippen LogP) is -0.193. The molecular formula is C11H22N4O3S. The van der Waals surface area contributed by atoms with Crippen molar-refractivity contribution >= 4 is 10.0 Å². The summed E-state index contributed by atoms with van der Waals surface area (Å²) < 4.78 is 33.1. The van der Waals surface area contributed by atoms with Crippen LogP contribution < -0.4 is 10.0 Å². The summed E-state index contributed by atoms with van der Waals surface area (Å²) in [6.07, 6.45) is 3.55. The van der Waals surface area contributed by atoms with Crippen molar-refractivity contribution in [3.8, 4) is 0 Å². The first-order valence-electron chi connectivity index (χ1n) is 6.34. The van der Waals surface area contributed by atoms with Crippen LogP contribution in [0.4, 0.5) is 0 Å². The third-order valence-corrected chi connectivity index (χ3v) is 3.89. The first kappa shape index (κ1) is 16.1. The van der Waals surface area contributed by atoms with E-state index in [1.807, 2.05) is 14.0 Å². The van der Waals surface area contributed by atoms with Crippen LogP contribution in [-0.2, 0) is 21.3 Å². The van der Waals surface area contributed by atoms with Gasteiger partial charge in [-0.1, -0.05) is 0 Å². The molecule has 1 aromatic heterocycles. The van der Waals surface area contributed by atoms with E-state index < -0.39 is 10.0 Å². The second-order valence-corrected chi connectivity index (χ2v) is 5.76. The number of aromatic nitrogens is 2. The number of rotatable bonds is 10. The Labute approximate surface area is 114 Å². The third-order valence-electron chi connectivity index (χ3n) is 2.47. The minimum atomic E-state index is -3.46. The summed E-state index contributed by atoms with van der Waals surface area (Å²) in [5.74, 6) is 0. The molecule has 0 saturated carbocycles. The van der Waals surface area contributed by atoms with Gasteiger partial charge in [0.05, 0.1) is 12.7 Å². The molecular weight excluding hydrogens is 268 g/mol. The van der Waals surface area contributed by atoms with Gasteiger partial charge in [-0.05, 0) is 20.4 Å². The number of ether oxygens (including phenoxy) is 1. The zero-order chi connectivity index (χ0) is 14.1. The molecule has 7 nitrogen and oxygen atoms in total. The van der Waals surface area contributed by atoms with Gasteiger partial charge in [0.25, 0.3) is 0 Å². The van der Waals surface area contributed by atoms with E-state index in [0.717, 1.165) is 6.54 Å². The van der Waals surface area contributed by atoms with E-state index in [9.17, 15) is 8.42 Å². The largest absolute Gasteiger partial charge is 0.382 e. The minimum absolute atomic E-state index is 0.194. The molecule has 1 aromatic rings. The summed E-state index contributed by atoms with van der Waals surface area (Å²) in [5, 5.41) is 6.99. The first-order valence-corrected chi connectivity index (χ1v) is 7.83. The van der Waals surface area contributed by atoms with Crippen molar-refractivity contribution in [3.63, 3.8) is 0 Å². The van der Waals surface area contributed by atoms with Gasteiger partial charge < -0.3 is 10.1 Å². The molecule has 0 aromatic carbocycles. The Morgan fingerprint density at radius 2 is 2.21 bits per heavy atom. The molecule has 19 heavy (non-hydrogen) atoms. The molecule has 110 valence electrons. The van der Waals surface area contributed by atoms with Crippen LogP contribution in [0, 0.1) is 0 Å². The van der Waals surface area contributed by atoms with Crippen LogP contribution in [0.25, 0.3) is 0 Å². The maximum atomic E-state index is 11.9. The van der Waals surface area contributed by atoms with Crippen LogP contribution in [0.1, 0.15) is 13.3 Å². The van der Waals surface area contributed by atoms with Gasteiger partial charge >= 0.3 is 0 Å². The maximum absolute atomic E-state index is 11.9. The molecule has 0 bridgehead atoms. The van der Waals surface area contributed by atoms with Gasteiger partial charge in [-0.15, -0.1) is 0 Å². The van der Waals surface area contributed by atoms with E-state index in [0.29, 0.717) is 32.7 Å². The lowest BCUT2D eigenvalue weighted by Crippen LogP contribution is -2.25. The average molecular weight is 290 g/mol. The fourth-order valence-corrected chi connectivity index (χ4v) is 2.47. The molecule has 0 fully saturated rings. The van der Waals surface area contributed by atoms with Gasteiger partial charge in [-0.3, -0.25) is 4.68 Å². The number of hydrogen-bond acceptors (Lipinski definition) is 5. The second kappa shape index (κ2) is 8.26. The standard InChI is InChI=1S/C11H22N4O3S/c1-3-18-8-4-5-14-19(16,17)11-9-13-15(10-11)7-6-12-2/h9-10,12,14H,3-8H2,1-2H3. The zero-order valence-corrected chi connectivity index (χ0v) is 12.2. The predicted molar refractivity (Wildman–Crippen MR) is 72.5 cm³/mol. The highest BCUT2D eigenvalue weighted by molar-refractivity contribution is 7.89. The van der Waals surface area contributed by atoms with Crippen LogP contribution in [-0.4, -0.2) is 51.5 Å². The van der Waals surface area contributed by atoms with Gasteiger partial charge in [0.2, 0.25) is 10.0 Å². The van der Waals surface area contributed by atoms with E-state index in [2.05, 4.69) is 15.1 Å². The molecule has 1 rings (SSSR count). The van der Waals surface area contributed by atoms with E-state index in [4.69, 9.17) is 4.74 Å². The first-order chi connectivity index (χ1) is 9.10. The van der Waals surface area contributed by atoms with Crippen molar-refractivity contribution in [1.82, 2.24) is 19.8 Å². The fourth-order valence-electron chi connectivity index (χ4n) is 1.44. The third kappa shape index (κ3) is 5.68. The van der Waals surface area contributed by atoms with Gasteiger partial charge in [0, 0.05) is 32.5 Å². The molecule has 1 heterocycles. The lowest BCUT2D eigenvalue weighted by atomic mass is 10.5. The van der Waals surface area contributed by atoms with Crippen LogP contribution in [0.15, 0.2) is 17.3 Å². The Kier molecular flexibility index (Phi) is 7.00. The lowest BCUT2D eigenvalue weighted by molar-refractivity contribution is 0.146. The number of sulfonamides is 1. The summed E-state index contributed by atoms with van der Waals surface area (Å²) in [4.78, 5) is 0.194. The molecule has 0 aliphatic heterocycles. The Bertz CT molecular complexity index is 458. The van der Waals surface area contributed by atoms with E-state index in [1.54, 1.807) is 4.68 Å². The summed E-state index contributed by atoms with van der Waals surface area (Å²) >= 11 is 0. The second-order valence-electron chi connectivity index (χ2n) is 3.99. The smallest absolute Gasteiger partial charge is 0.243 e. The van der Waals surface area contributed by atoms with Gasteiger partial charge in [0.15, 0.2) is 0 Å². The maximum Gasteiger partial charge on any atom is 0.243 e. The number of hydrogen-bond donors (Lipinski definition) is 2. The Balaban J connectivity index is 2.45. The van der Waals surface area contributed by atoms with Gasteiger partial charge in [-0.2, -0.15) is 5.10 Å². The lowest BCUT2D eigenvalue weighted by Gasteiger charge is -2.04. The van der Waals surface area contributed by atoms with E-state index in [1.165, 1.54) is 12.4 Å². The molecule has 0 radical (unpaired) electrons. The quantitative estimate of drug-likeness (QED) is 0.583. The number of nitrogens with one attached hydrogen (secondary N) is 2.